The molecular formula is C29H34N4O6S2. The average molecular weight is 599 g/mol. The maximum Gasteiger partial charge on any atom is 0.248 e. The van der Waals surface area contributed by atoms with Gasteiger partial charge in [0, 0.05) is 24.7 Å². The van der Waals surface area contributed by atoms with E-state index in [4.69, 9.17) is 9.47 Å². The molecule has 1 aliphatic heterocycles. The minimum Gasteiger partial charge on any atom is -0.497 e. The first kappa shape index (κ1) is 29.0. The fourth-order valence-corrected chi connectivity index (χ4v) is 7.31. The van der Waals surface area contributed by atoms with Gasteiger partial charge in [-0.3, -0.25) is 9.59 Å². The fraction of sp³-hybridized carbons (Fsp3) is 0.414. The number of thiazole rings is 1. The van der Waals surface area contributed by atoms with Crippen molar-refractivity contribution in [3.8, 4) is 17.2 Å². The Morgan fingerprint density at radius 2 is 1.68 bits per heavy atom. The normalized spacial score (nSPS) is 17.7. The zero-order valence-corrected chi connectivity index (χ0v) is 24.5. The minimum atomic E-state index is -3.93. The number of benzene rings is 2. The molecule has 1 aromatic heterocycles. The average Bonchev–Trinajstić information content (AvgIpc) is 3.50. The van der Waals surface area contributed by atoms with Gasteiger partial charge in [0.1, 0.15) is 23.3 Å². The fourth-order valence-electron chi connectivity index (χ4n) is 5.40. The van der Waals surface area contributed by atoms with E-state index in [9.17, 15) is 18.0 Å². The Morgan fingerprint density at radius 3 is 2.29 bits per heavy atom. The van der Waals surface area contributed by atoms with Crippen LogP contribution in [-0.4, -0.2) is 67.2 Å². The van der Waals surface area contributed by atoms with Crippen LogP contribution in [0.5, 0.6) is 17.2 Å². The smallest absolute Gasteiger partial charge is 0.248 e. The van der Waals surface area contributed by atoms with Gasteiger partial charge in [0.15, 0.2) is 5.13 Å². The third-order valence-electron chi connectivity index (χ3n) is 7.60. The maximum absolute atomic E-state index is 13.4. The largest absolute Gasteiger partial charge is 0.497 e. The molecule has 1 aliphatic carbocycles. The molecule has 2 aromatic carbocycles. The number of anilines is 1. The molecule has 2 fully saturated rings. The molecule has 1 saturated heterocycles. The summed E-state index contributed by atoms with van der Waals surface area (Å²) >= 11 is 1.32. The summed E-state index contributed by atoms with van der Waals surface area (Å²) in [6.07, 6.45) is 7.67. The topological polar surface area (TPSA) is 118 Å². The third-order valence-corrected chi connectivity index (χ3v) is 10.1. The number of methoxy groups -OCH3 is 1. The Balaban J connectivity index is 1.25. The second-order valence-corrected chi connectivity index (χ2v) is 13.1. The standard InChI is InChI=1S/C29H34N4O6S2/c1-38-22-7-9-23(10-8-22)39-24-11-13-25(14-12-24)41(36,37)32-16-17-33(27(34)20-32)26(19-21-5-3-2-4-6-21)28(35)31-29-30-15-18-40-29/h7-15,18,21,26H,2-6,16-17,19-20H2,1H3,(H,30,31,35)/t26-/m0/s1. The summed E-state index contributed by atoms with van der Waals surface area (Å²) in [7, 11) is -2.34. The van der Waals surface area contributed by atoms with E-state index in [0.29, 0.717) is 34.7 Å². The number of hydrogen-bond donors (Lipinski definition) is 1. The number of rotatable bonds is 10. The number of carbonyl (C=O) groups excluding carboxylic acids is 2. The minimum absolute atomic E-state index is 0.0705. The van der Waals surface area contributed by atoms with Gasteiger partial charge in [-0.2, -0.15) is 4.31 Å². The third kappa shape index (κ3) is 7.06. The van der Waals surface area contributed by atoms with Crippen molar-refractivity contribution in [2.24, 2.45) is 5.92 Å². The van der Waals surface area contributed by atoms with E-state index in [-0.39, 0.29) is 36.3 Å². The van der Waals surface area contributed by atoms with Crippen LogP contribution in [0.25, 0.3) is 0 Å². The van der Waals surface area contributed by atoms with Crippen LogP contribution < -0.4 is 14.8 Å². The van der Waals surface area contributed by atoms with Crippen LogP contribution in [0.15, 0.2) is 65.0 Å². The van der Waals surface area contributed by atoms with Gasteiger partial charge in [-0.1, -0.05) is 32.1 Å². The first-order chi connectivity index (χ1) is 19.8. The number of nitrogens with one attached hydrogen (secondary N) is 1. The van der Waals surface area contributed by atoms with Crippen molar-refractivity contribution >= 4 is 38.3 Å². The molecule has 2 heterocycles. The number of carbonyl (C=O) groups is 2. The molecule has 10 nitrogen and oxygen atoms in total. The monoisotopic (exact) mass is 598 g/mol. The number of sulfonamides is 1. The van der Waals surface area contributed by atoms with Crippen molar-refractivity contribution in [3.63, 3.8) is 0 Å². The Labute approximate surface area is 244 Å². The van der Waals surface area contributed by atoms with Gasteiger partial charge in [-0.15, -0.1) is 11.3 Å². The highest BCUT2D eigenvalue weighted by Crippen LogP contribution is 2.31. The lowest BCUT2D eigenvalue weighted by molar-refractivity contribution is -0.142. The molecule has 1 saturated carbocycles. The van der Waals surface area contributed by atoms with Crippen molar-refractivity contribution < 1.29 is 27.5 Å². The molecule has 41 heavy (non-hydrogen) atoms. The predicted molar refractivity (Wildman–Crippen MR) is 156 cm³/mol. The first-order valence-corrected chi connectivity index (χ1v) is 16.1. The second kappa shape index (κ2) is 13.0. The lowest BCUT2D eigenvalue weighted by Gasteiger charge is -2.39. The molecule has 0 bridgehead atoms. The Morgan fingerprint density at radius 1 is 1.02 bits per heavy atom. The zero-order chi connectivity index (χ0) is 28.8. The molecule has 1 atom stereocenters. The van der Waals surface area contributed by atoms with E-state index in [2.05, 4.69) is 10.3 Å². The summed E-state index contributed by atoms with van der Waals surface area (Å²) in [6, 6.07) is 12.5. The van der Waals surface area contributed by atoms with E-state index in [1.807, 2.05) is 0 Å². The van der Waals surface area contributed by atoms with Crippen LogP contribution in [0.2, 0.25) is 0 Å². The number of ether oxygens (including phenoxy) is 2. The summed E-state index contributed by atoms with van der Waals surface area (Å²) in [4.78, 5) is 32.5. The van der Waals surface area contributed by atoms with E-state index >= 15 is 0 Å². The molecule has 2 aliphatic rings. The van der Waals surface area contributed by atoms with E-state index in [1.54, 1.807) is 60.0 Å². The van der Waals surface area contributed by atoms with Gasteiger partial charge in [0.25, 0.3) is 0 Å². The van der Waals surface area contributed by atoms with Crippen LogP contribution in [0, 0.1) is 5.92 Å². The Hall–Kier alpha value is -3.48. The summed E-state index contributed by atoms with van der Waals surface area (Å²) < 4.78 is 39.0. The Kier molecular flexibility index (Phi) is 9.21. The summed E-state index contributed by atoms with van der Waals surface area (Å²) in [6.45, 7) is -0.0819. The molecule has 3 aromatic rings. The number of hydrogen-bond acceptors (Lipinski definition) is 8. The van der Waals surface area contributed by atoms with Gasteiger partial charge in [0.05, 0.1) is 18.6 Å². The number of nitrogens with zero attached hydrogens (tertiary/aromatic N) is 3. The van der Waals surface area contributed by atoms with Crippen molar-refractivity contribution in [3.05, 3.63) is 60.1 Å². The first-order valence-electron chi connectivity index (χ1n) is 13.8. The summed E-state index contributed by atoms with van der Waals surface area (Å²) in [5.41, 5.74) is 0. The number of aromatic nitrogens is 1. The molecule has 1 N–H and O–H groups in total. The van der Waals surface area contributed by atoms with Crippen molar-refractivity contribution in [1.29, 1.82) is 0 Å². The predicted octanol–water partition coefficient (Wildman–Crippen LogP) is 4.75. The summed E-state index contributed by atoms with van der Waals surface area (Å²) in [5.74, 6) is 1.46. The van der Waals surface area contributed by atoms with Crippen molar-refractivity contribution in [2.75, 3.05) is 32.1 Å². The van der Waals surface area contributed by atoms with Crippen molar-refractivity contribution in [2.45, 2.75) is 49.5 Å². The van der Waals surface area contributed by atoms with Gasteiger partial charge in [0.2, 0.25) is 21.8 Å². The lowest BCUT2D eigenvalue weighted by atomic mass is 9.84. The van der Waals surface area contributed by atoms with Crippen molar-refractivity contribution in [1.82, 2.24) is 14.2 Å². The zero-order valence-electron chi connectivity index (χ0n) is 22.9. The van der Waals surface area contributed by atoms with E-state index < -0.39 is 16.1 Å². The molecule has 12 heteroatoms. The van der Waals surface area contributed by atoms with Crippen LogP contribution in [0.3, 0.4) is 0 Å². The highest BCUT2D eigenvalue weighted by Gasteiger charge is 2.39. The molecule has 2 amide bonds. The lowest BCUT2D eigenvalue weighted by Crippen LogP contribution is -2.58. The van der Waals surface area contributed by atoms with Crippen LogP contribution >= 0.6 is 11.3 Å². The molecule has 0 radical (unpaired) electrons. The number of amides is 2. The van der Waals surface area contributed by atoms with Crippen LogP contribution in [-0.2, 0) is 19.6 Å². The van der Waals surface area contributed by atoms with Gasteiger partial charge in [-0.05, 0) is 60.9 Å². The quantitative estimate of drug-likeness (QED) is 0.358. The van der Waals surface area contributed by atoms with Crippen LogP contribution in [0.4, 0.5) is 5.13 Å². The summed E-state index contributed by atoms with van der Waals surface area (Å²) in [5, 5.41) is 5.11. The highest BCUT2D eigenvalue weighted by molar-refractivity contribution is 7.89. The van der Waals surface area contributed by atoms with Gasteiger partial charge in [-0.25, -0.2) is 13.4 Å². The number of piperazine rings is 1. The molecule has 0 unspecified atom stereocenters. The van der Waals surface area contributed by atoms with E-state index in [0.717, 1.165) is 25.7 Å². The molecule has 0 spiro atoms. The van der Waals surface area contributed by atoms with E-state index in [1.165, 1.54) is 34.2 Å². The molecule has 218 valence electrons. The Bertz CT molecular complexity index is 1420. The second-order valence-electron chi connectivity index (χ2n) is 10.3. The highest BCUT2D eigenvalue weighted by atomic mass is 32.2. The van der Waals surface area contributed by atoms with Gasteiger partial charge < -0.3 is 19.7 Å². The molecular weight excluding hydrogens is 564 g/mol. The van der Waals surface area contributed by atoms with Gasteiger partial charge >= 0.3 is 0 Å². The SMILES string of the molecule is COc1ccc(Oc2ccc(S(=O)(=O)N3CCN([C@@H](CC4CCCCC4)C(=O)Nc4nccs4)C(=O)C3)cc2)cc1. The molecule has 5 rings (SSSR count). The van der Waals surface area contributed by atoms with Crippen LogP contribution in [0.1, 0.15) is 38.5 Å². The maximum atomic E-state index is 13.4.